The molecular weight excluding hydrogens is 228 g/mol. The van der Waals surface area contributed by atoms with E-state index in [0.29, 0.717) is 6.42 Å². The average molecular weight is 244 g/mol. The summed E-state index contributed by atoms with van der Waals surface area (Å²) in [6.07, 6.45) is 2.57. The van der Waals surface area contributed by atoms with E-state index in [0.717, 1.165) is 16.9 Å². The van der Waals surface area contributed by atoms with Crippen LogP contribution in [-0.4, -0.2) is 20.9 Å². The predicted octanol–water partition coefficient (Wildman–Crippen LogP) is 2.51. The van der Waals surface area contributed by atoms with Gasteiger partial charge in [-0.3, -0.25) is 4.79 Å². The topological polar surface area (TPSA) is 55.1 Å². The Balaban J connectivity index is 2.25. The van der Waals surface area contributed by atoms with E-state index in [1.54, 1.807) is 4.68 Å². The molecule has 0 aliphatic rings. The van der Waals surface area contributed by atoms with Crippen LogP contribution < -0.4 is 0 Å². The van der Waals surface area contributed by atoms with Gasteiger partial charge in [-0.15, -0.1) is 0 Å². The van der Waals surface area contributed by atoms with Gasteiger partial charge in [0.25, 0.3) is 0 Å². The molecule has 1 aromatic carbocycles. The van der Waals surface area contributed by atoms with Crippen molar-refractivity contribution in [3.8, 4) is 5.69 Å². The number of benzene rings is 1. The number of aryl methyl sites for hydroxylation is 3. The first-order valence-electron chi connectivity index (χ1n) is 5.90. The molecule has 2 rings (SSSR count). The molecule has 0 radical (unpaired) electrons. The Bertz CT molecular complexity index is 573. The fourth-order valence-electron chi connectivity index (χ4n) is 1.89. The summed E-state index contributed by atoms with van der Waals surface area (Å²) in [4.78, 5) is 10.6. The third-order valence-electron chi connectivity index (χ3n) is 2.87. The van der Waals surface area contributed by atoms with E-state index in [9.17, 15) is 4.79 Å². The normalized spacial score (nSPS) is 10.6. The molecule has 0 fully saturated rings. The van der Waals surface area contributed by atoms with E-state index in [2.05, 4.69) is 5.10 Å². The maximum atomic E-state index is 10.6. The van der Waals surface area contributed by atoms with Gasteiger partial charge in [0, 0.05) is 12.6 Å². The van der Waals surface area contributed by atoms with Crippen molar-refractivity contribution in [1.82, 2.24) is 9.78 Å². The second-order valence-electron chi connectivity index (χ2n) is 4.42. The zero-order chi connectivity index (χ0) is 13.1. The summed E-state index contributed by atoms with van der Waals surface area (Å²) in [5.74, 6) is -0.780. The van der Waals surface area contributed by atoms with Crippen LogP contribution in [0.25, 0.3) is 5.69 Å². The highest BCUT2D eigenvalue weighted by Crippen LogP contribution is 2.14. The summed E-state index contributed by atoms with van der Waals surface area (Å²) < 4.78 is 1.81. The molecule has 4 nitrogen and oxygen atoms in total. The van der Waals surface area contributed by atoms with Crippen molar-refractivity contribution in [3.63, 3.8) is 0 Å². The van der Waals surface area contributed by atoms with Crippen molar-refractivity contribution in [2.24, 2.45) is 0 Å². The number of hydrogen-bond donors (Lipinski definition) is 1. The van der Waals surface area contributed by atoms with Crippen LogP contribution in [-0.2, 0) is 11.2 Å². The summed E-state index contributed by atoms with van der Waals surface area (Å²) >= 11 is 0. The summed E-state index contributed by atoms with van der Waals surface area (Å²) in [5, 5.41) is 13.1. The molecule has 0 atom stereocenters. The number of carboxylic acids is 1. The van der Waals surface area contributed by atoms with E-state index in [-0.39, 0.29) is 6.42 Å². The molecule has 2 aromatic rings. The molecule has 0 saturated heterocycles. The van der Waals surface area contributed by atoms with Crippen LogP contribution in [0.15, 0.2) is 30.5 Å². The highest BCUT2D eigenvalue weighted by Gasteiger charge is 2.08. The fourth-order valence-corrected chi connectivity index (χ4v) is 1.89. The van der Waals surface area contributed by atoms with E-state index in [4.69, 9.17) is 5.11 Å². The number of aromatic nitrogens is 2. The van der Waals surface area contributed by atoms with Crippen molar-refractivity contribution in [1.29, 1.82) is 0 Å². The highest BCUT2D eigenvalue weighted by molar-refractivity contribution is 5.67. The molecule has 18 heavy (non-hydrogen) atoms. The third kappa shape index (κ3) is 2.77. The molecule has 1 N–H and O–H groups in total. The second-order valence-corrected chi connectivity index (χ2v) is 4.42. The molecule has 0 aliphatic heterocycles. The van der Waals surface area contributed by atoms with Crippen molar-refractivity contribution in [2.75, 3.05) is 0 Å². The van der Waals surface area contributed by atoms with E-state index >= 15 is 0 Å². The third-order valence-corrected chi connectivity index (χ3v) is 2.87. The molecule has 0 saturated carbocycles. The van der Waals surface area contributed by atoms with Gasteiger partial charge in [0.15, 0.2) is 0 Å². The van der Waals surface area contributed by atoms with Crippen molar-refractivity contribution >= 4 is 5.97 Å². The van der Waals surface area contributed by atoms with Crippen molar-refractivity contribution in [2.45, 2.75) is 26.7 Å². The number of nitrogens with zero attached hydrogens (tertiary/aromatic N) is 2. The highest BCUT2D eigenvalue weighted by atomic mass is 16.4. The summed E-state index contributed by atoms with van der Waals surface area (Å²) in [7, 11) is 0. The van der Waals surface area contributed by atoms with Crippen LogP contribution in [0, 0.1) is 13.8 Å². The lowest BCUT2D eigenvalue weighted by Gasteiger charge is -2.01. The van der Waals surface area contributed by atoms with Crippen LogP contribution >= 0.6 is 0 Å². The second kappa shape index (κ2) is 5.04. The van der Waals surface area contributed by atoms with Crippen LogP contribution in [0.3, 0.4) is 0 Å². The molecule has 1 aromatic heterocycles. The van der Waals surface area contributed by atoms with E-state index < -0.39 is 5.97 Å². The van der Waals surface area contributed by atoms with Gasteiger partial charge in [0.2, 0.25) is 0 Å². The zero-order valence-corrected chi connectivity index (χ0v) is 10.6. The molecular formula is C14H16N2O2. The van der Waals surface area contributed by atoms with Crippen LogP contribution in [0.2, 0.25) is 0 Å². The minimum Gasteiger partial charge on any atom is -0.481 e. The minimum atomic E-state index is -0.780. The number of carbonyl (C=O) groups is 1. The average Bonchev–Trinajstić information content (AvgIpc) is 2.68. The predicted molar refractivity (Wildman–Crippen MR) is 69.0 cm³/mol. The van der Waals surface area contributed by atoms with Crippen LogP contribution in [0.4, 0.5) is 0 Å². The largest absolute Gasteiger partial charge is 0.481 e. The lowest BCUT2D eigenvalue weighted by Crippen LogP contribution is -1.97. The maximum absolute atomic E-state index is 10.6. The van der Waals surface area contributed by atoms with Gasteiger partial charge in [0.05, 0.1) is 11.4 Å². The Hall–Kier alpha value is -2.10. The van der Waals surface area contributed by atoms with Crippen LogP contribution in [0.1, 0.15) is 23.2 Å². The molecule has 0 bridgehead atoms. The lowest BCUT2D eigenvalue weighted by atomic mass is 10.1. The van der Waals surface area contributed by atoms with Gasteiger partial charge in [-0.1, -0.05) is 12.1 Å². The quantitative estimate of drug-likeness (QED) is 0.899. The molecule has 0 aliphatic carbocycles. The monoisotopic (exact) mass is 244 g/mol. The number of carboxylic acid groups (broad SMARTS) is 1. The van der Waals surface area contributed by atoms with Crippen molar-refractivity contribution < 1.29 is 9.90 Å². The fraction of sp³-hybridized carbons (Fsp3) is 0.286. The van der Waals surface area contributed by atoms with E-state index in [1.165, 1.54) is 5.56 Å². The van der Waals surface area contributed by atoms with Gasteiger partial charge in [-0.05, 0) is 43.5 Å². The molecule has 0 unspecified atom stereocenters. The first kappa shape index (κ1) is 12.4. The van der Waals surface area contributed by atoms with Gasteiger partial charge >= 0.3 is 5.97 Å². The van der Waals surface area contributed by atoms with Gasteiger partial charge < -0.3 is 5.11 Å². The van der Waals surface area contributed by atoms with E-state index in [1.807, 2.05) is 44.3 Å². The Kier molecular flexibility index (Phi) is 3.46. The summed E-state index contributed by atoms with van der Waals surface area (Å²) in [5.41, 5.74) is 4.05. The lowest BCUT2D eigenvalue weighted by molar-refractivity contribution is -0.136. The van der Waals surface area contributed by atoms with Crippen LogP contribution in [0.5, 0.6) is 0 Å². The van der Waals surface area contributed by atoms with Gasteiger partial charge in [0.1, 0.15) is 0 Å². The SMILES string of the molecule is Cc1cccc(-n2cc(CCC(=O)O)c(C)n2)c1. The number of aliphatic carboxylic acids is 1. The van der Waals surface area contributed by atoms with Gasteiger partial charge in [-0.2, -0.15) is 5.10 Å². The smallest absolute Gasteiger partial charge is 0.303 e. The summed E-state index contributed by atoms with van der Waals surface area (Å²) in [6, 6.07) is 8.05. The zero-order valence-electron chi connectivity index (χ0n) is 10.6. The minimum absolute atomic E-state index is 0.139. The first-order chi connectivity index (χ1) is 8.56. The Morgan fingerprint density at radius 1 is 1.39 bits per heavy atom. The molecule has 1 heterocycles. The Labute approximate surface area is 106 Å². The molecule has 4 heteroatoms. The van der Waals surface area contributed by atoms with Crippen molar-refractivity contribution in [3.05, 3.63) is 47.3 Å². The van der Waals surface area contributed by atoms with Gasteiger partial charge in [-0.25, -0.2) is 4.68 Å². The standard InChI is InChI=1S/C14H16N2O2/c1-10-4-3-5-13(8-10)16-9-12(11(2)15-16)6-7-14(17)18/h3-5,8-9H,6-7H2,1-2H3,(H,17,18). The molecule has 94 valence electrons. The number of rotatable bonds is 4. The first-order valence-corrected chi connectivity index (χ1v) is 5.90. The molecule has 0 amide bonds. The Morgan fingerprint density at radius 3 is 2.83 bits per heavy atom. The summed E-state index contributed by atoms with van der Waals surface area (Å²) in [6.45, 7) is 3.94. The number of hydrogen-bond acceptors (Lipinski definition) is 2. The molecule has 0 spiro atoms. The maximum Gasteiger partial charge on any atom is 0.303 e. The Morgan fingerprint density at radius 2 is 2.17 bits per heavy atom.